The summed E-state index contributed by atoms with van der Waals surface area (Å²) in [6, 6.07) is 7.05. The Bertz CT molecular complexity index is 564. The molecular formula is C18H25N3O2. The van der Waals surface area contributed by atoms with Crippen LogP contribution in [0.4, 0.5) is 5.69 Å². The van der Waals surface area contributed by atoms with Crippen LogP contribution in [0.5, 0.6) is 0 Å². The van der Waals surface area contributed by atoms with Crippen LogP contribution in [0.3, 0.4) is 0 Å². The van der Waals surface area contributed by atoms with E-state index in [2.05, 4.69) is 22.0 Å². The molecule has 124 valence electrons. The van der Waals surface area contributed by atoms with Gasteiger partial charge >= 0.3 is 0 Å². The van der Waals surface area contributed by atoms with Gasteiger partial charge in [-0.25, -0.2) is 0 Å². The molecule has 1 aromatic carbocycles. The smallest absolute Gasteiger partial charge is 0.251 e. The van der Waals surface area contributed by atoms with Crippen molar-refractivity contribution < 1.29 is 9.59 Å². The Morgan fingerprint density at radius 2 is 1.91 bits per heavy atom. The van der Waals surface area contributed by atoms with Gasteiger partial charge in [0.05, 0.1) is 6.54 Å². The number of benzene rings is 1. The zero-order valence-electron chi connectivity index (χ0n) is 13.7. The average molecular weight is 315 g/mol. The number of nitrogens with one attached hydrogen (secondary N) is 3. The number of hydrogen-bond donors (Lipinski definition) is 3. The molecule has 1 aromatic rings. The van der Waals surface area contributed by atoms with Crippen LogP contribution in [0.2, 0.25) is 0 Å². The number of carbonyl (C=O) groups is 2. The van der Waals surface area contributed by atoms with Crippen molar-refractivity contribution in [2.24, 2.45) is 0 Å². The number of anilines is 1. The lowest BCUT2D eigenvalue weighted by molar-refractivity contribution is -0.119. The first-order valence-corrected chi connectivity index (χ1v) is 8.19. The van der Waals surface area contributed by atoms with Gasteiger partial charge in [-0.3, -0.25) is 9.59 Å². The van der Waals surface area contributed by atoms with E-state index in [0.717, 1.165) is 12.1 Å². The molecule has 3 N–H and O–H groups in total. The molecule has 1 aliphatic rings. The zero-order valence-corrected chi connectivity index (χ0v) is 13.7. The van der Waals surface area contributed by atoms with E-state index >= 15 is 0 Å². The molecule has 5 nitrogen and oxygen atoms in total. The van der Waals surface area contributed by atoms with Crippen LogP contribution >= 0.6 is 0 Å². The van der Waals surface area contributed by atoms with Crippen molar-refractivity contribution in [3.8, 4) is 0 Å². The highest BCUT2D eigenvalue weighted by Gasteiger charge is 2.06. The Hall–Kier alpha value is -2.30. The lowest BCUT2D eigenvalue weighted by Crippen LogP contribution is -2.30. The maximum atomic E-state index is 11.8. The monoisotopic (exact) mass is 315 g/mol. The van der Waals surface area contributed by atoms with Gasteiger partial charge in [0.1, 0.15) is 0 Å². The molecule has 0 spiro atoms. The van der Waals surface area contributed by atoms with E-state index in [0.29, 0.717) is 12.1 Å². The third-order valence-electron chi connectivity index (χ3n) is 3.98. The lowest BCUT2D eigenvalue weighted by Gasteiger charge is -2.13. The standard InChI is InChI=1S/C18H25N3O2/c1-19-18(23)15-7-9-16(10-8-15)21-13-17(22)20-12-11-14-5-3-2-4-6-14/h5,7-10,21H,2-4,6,11-13H2,1H3,(H,19,23)(H,20,22). The van der Waals surface area contributed by atoms with Crippen LogP contribution in [-0.2, 0) is 4.79 Å². The summed E-state index contributed by atoms with van der Waals surface area (Å²) in [7, 11) is 1.60. The summed E-state index contributed by atoms with van der Waals surface area (Å²) >= 11 is 0. The maximum Gasteiger partial charge on any atom is 0.251 e. The second-order valence-corrected chi connectivity index (χ2v) is 5.72. The summed E-state index contributed by atoms with van der Waals surface area (Å²) in [6.45, 7) is 0.931. The molecule has 0 radical (unpaired) electrons. The Kier molecular flexibility index (Phi) is 6.66. The quantitative estimate of drug-likeness (QED) is 0.677. The van der Waals surface area contributed by atoms with Crippen LogP contribution in [0.25, 0.3) is 0 Å². The summed E-state index contributed by atoms with van der Waals surface area (Å²) in [6.07, 6.45) is 8.17. The Balaban J connectivity index is 1.67. The van der Waals surface area contributed by atoms with Crippen LogP contribution in [0, 0.1) is 0 Å². The van der Waals surface area contributed by atoms with Crippen molar-refractivity contribution in [1.29, 1.82) is 0 Å². The van der Waals surface area contributed by atoms with Crippen LogP contribution < -0.4 is 16.0 Å². The van der Waals surface area contributed by atoms with Gasteiger partial charge in [0.2, 0.25) is 5.91 Å². The fraction of sp³-hybridized carbons (Fsp3) is 0.444. The van der Waals surface area contributed by atoms with Gasteiger partial charge in [-0.05, 0) is 56.4 Å². The third-order valence-corrected chi connectivity index (χ3v) is 3.98. The lowest BCUT2D eigenvalue weighted by atomic mass is 9.97. The molecule has 0 unspecified atom stereocenters. The fourth-order valence-corrected chi connectivity index (χ4v) is 2.62. The molecule has 0 bridgehead atoms. The summed E-state index contributed by atoms with van der Waals surface area (Å²) in [5, 5.41) is 8.56. The molecular weight excluding hydrogens is 290 g/mol. The molecule has 0 atom stereocenters. The molecule has 2 rings (SSSR count). The van der Waals surface area contributed by atoms with Gasteiger partial charge < -0.3 is 16.0 Å². The number of hydrogen-bond acceptors (Lipinski definition) is 3. The van der Waals surface area contributed by atoms with Gasteiger partial charge in [0, 0.05) is 24.8 Å². The van der Waals surface area contributed by atoms with Crippen molar-refractivity contribution in [3.63, 3.8) is 0 Å². The highest BCUT2D eigenvalue weighted by molar-refractivity contribution is 5.94. The van der Waals surface area contributed by atoms with E-state index < -0.39 is 0 Å². The van der Waals surface area contributed by atoms with E-state index in [1.165, 1.54) is 31.3 Å². The van der Waals surface area contributed by atoms with E-state index in [-0.39, 0.29) is 18.4 Å². The van der Waals surface area contributed by atoms with Gasteiger partial charge in [-0.15, -0.1) is 0 Å². The van der Waals surface area contributed by atoms with Gasteiger partial charge in [-0.2, -0.15) is 0 Å². The predicted molar refractivity (Wildman–Crippen MR) is 92.5 cm³/mol. The van der Waals surface area contributed by atoms with Crippen LogP contribution in [0.1, 0.15) is 42.5 Å². The van der Waals surface area contributed by atoms with Crippen molar-refractivity contribution in [3.05, 3.63) is 41.5 Å². The average Bonchev–Trinajstić information content (AvgIpc) is 2.60. The summed E-state index contributed by atoms with van der Waals surface area (Å²) < 4.78 is 0. The molecule has 0 aromatic heterocycles. The van der Waals surface area contributed by atoms with Gasteiger partial charge in [0.25, 0.3) is 5.91 Å². The molecule has 1 aliphatic carbocycles. The fourth-order valence-electron chi connectivity index (χ4n) is 2.62. The molecule has 2 amide bonds. The van der Waals surface area contributed by atoms with Crippen molar-refractivity contribution in [2.45, 2.75) is 32.1 Å². The molecule has 23 heavy (non-hydrogen) atoms. The van der Waals surface area contributed by atoms with Gasteiger partial charge in [0.15, 0.2) is 0 Å². The number of carbonyl (C=O) groups excluding carboxylic acids is 2. The van der Waals surface area contributed by atoms with E-state index in [1.807, 2.05) is 0 Å². The number of amides is 2. The topological polar surface area (TPSA) is 70.2 Å². The van der Waals surface area contributed by atoms with E-state index in [1.54, 1.807) is 31.3 Å². The summed E-state index contributed by atoms with van der Waals surface area (Å²) in [5.41, 5.74) is 2.89. The minimum atomic E-state index is -0.119. The van der Waals surface area contributed by atoms with Crippen molar-refractivity contribution in [2.75, 3.05) is 25.5 Å². The van der Waals surface area contributed by atoms with Crippen LogP contribution in [0.15, 0.2) is 35.9 Å². The summed E-state index contributed by atoms with van der Waals surface area (Å²) in [4.78, 5) is 23.3. The maximum absolute atomic E-state index is 11.8. The highest BCUT2D eigenvalue weighted by Crippen LogP contribution is 2.19. The third kappa shape index (κ3) is 5.77. The minimum Gasteiger partial charge on any atom is -0.376 e. The zero-order chi connectivity index (χ0) is 16.5. The summed E-state index contributed by atoms with van der Waals surface area (Å²) in [5.74, 6) is -0.136. The molecule has 5 heteroatoms. The Morgan fingerprint density at radius 3 is 2.57 bits per heavy atom. The molecule has 0 saturated carbocycles. The number of allylic oxidation sites excluding steroid dienone is 1. The first kappa shape index (κ1) is 17.1. The molecule has 0 saturated heterocycles. The van der Waals surface area contributed by atoms with E-state index in [4.69, 9.17) is 0 Å². The first-order valence-electron chi connectivity index (χ1n) is 8.19. The normalized spacial score (nSPS) is 13.9. The molecule has 0 aliphatic heterocycles. The van der Waals surface area contributed by atoms with Crippen LogP contribution in [-0.4, -0.2) is 32.0 Å². The number of rotatable bonds is 7. The second-order valence-electron chi connectivity index (χ2n) is 5.72. The second kappa shape index (κ2) is 8.98. The SMILES string of the molecule is CNC(=O)c1ccc(NCC(=O)NCCC2=CCCCC2)cc1. The Labute approximate surface area is 137 Å². The molecule has 0 heterocycles. The Morgan fingerprint density at radius 1 is 1.13 bits per heavy atom. The van der Waals surface area contributed by atoms with Crippen molar-refractivity contribution in [1.82, 2.24) is 10.6 Å². The molecule has 0 fully saturated rings. The van der Waals surface area contributed by atoms with Crippen molar-refractivity contribution >= 4 is 17.5 Å². The van der Waals surface area contributed by atoms with E-state index in [9.17, 15) is 9.59 Å². The predicted octanol–water partition coefficient (Wildman–Crippen LogP) is 2.46. The van der Waals surface area contributed by atoms with Gasteiger partial charge in [-0.1, -0.05) is 11.6 Å². The first-order chi connectivity index (χ1) is 11.2. The largest absolute Gasteiger partial charge is 0.376 e. The minimum absolute atomic E-state index is 0.0169. The highest BCUT2D eigenvalue weighted by atomic mass is 16.2.